The van der Waals surface area contributed by atoms with Gasteiger partial charge in [0.2, 0.25) is 0 Å². The summed E-state index contributed by atoms with van der Waals surface area (Å²) in [6.07, 6.45) is 5.27. The summed E-state index contributed by atoms with van der Waals surface area (Å²) in [4.78, 5) is 0. The first-order chi connectivity index (χ1) is 5.95. The average molecular weight is 193 g/mol. The van der Waals surface area contributed by atoms with Gasteiger partial charge in [-0.1, -0.05) is 44.4 Å². The molecule has 0 N–H and O–H groups in total. The van der Waals surface area contributed by atoms with Gasteiger partial charge >= 0.3 is 0 Å². The lowest BCUT2D eigenvalue weighted by Crippen LogP contribution is -2.11. The summed E-state index contributed by atoms with van der Waals surface area (Å²) in [5.41, 5.74) is 2.04. The van der Waals surface area contributed by atoms with Gasteiger partial charge in [0.25, 0.3) is 0 Å². The summed E-state index contributed by atoms with van der Waals surface area (Å²) < 4.78 is 0. The third-order valence-electron chi connectivity index (χ3n) is 1.94. The molecule has 0 atom stereocenters. The van der Waals surface area contributed by atoms with Gasteiger partial charge in [0.05, 0.1) is 0 Å². The minimum atomic E-state index is 0.0736. The highest BCUT2D eigenvalue weighted by Gasteiger charge is 2.16. The molecule has 13 heavy (non-hydrogen) atoms. The van der Waals surface area contributed by atoms with E-state index in [1.807, 2.05) is 18.2 Å². The molecular formula is C12H13Cl. The molecule has 0 spiro atoms. The van der Waals surface area contributed by atoms with E-state index in [1.54, 1.807) is 0 Å². The molecule has 0 saturated heterocycles. The molecule has 0 heterocycles. The van der Waals surface area contributed by atoms with E-state index in [-0.39, 0.29) is 5.41 Å². The smallest absolute Gasteiger partial charge is 0.0455 e. The molecule has 0 amide bonds. The van der Waals surface area contributed by atoms with Crippen LogP contribution in [0.15, 0.2) is 18.2 Å². The second-order valence-electron chi connectivity index (χ2n) is 4.09. The van der Waals surface area contributed by atoms with Crippen LogP contribution in [0.2, 0.25) is 5.02 Å². The number of rotatable bonds is 0. The third kappa shape index (κ3) is 2.26. The molecule has 0 fully saturated rings. The van der Waals surface area contributed by atoms with Gasteiger partial charge in [-0.3, -0.25) is 0 Å². The van der Waals surface area contributed by atoms with Gasteiger partial charge in [-0.25, -0.2) is 0 Å². The largest absolute Gasteiger partial charge is 0.115 e. The van der Waals surface area contributed by atoms with E-state index < -0.39 is 0 Å². The van der Waals surface area contributed by atoms with Gasteiger partial charge in [0.15, 0.2) is 0 Å². The number of halogens is 1. The Morgan fingerprint density at radius 2 is 1.92 bits per heavy atom. The van der Waals surface area contributed by atoms with Crippen molar-refractivity contribution >= 4 is 11.6 Å². The van der Waals surface area contributed by atoms with Crippen molar-refractivity contribution in [1.82, 2.24) is 0 Å². The molecule has 0 aliphatic heterocycles. The highest BCUT2D eigenvalue weighted by atomic mass is 35.5. The molecule has 1 aromatic carbocycles. The van der Waals surface area contributed by atoms with Gasteiger partial charge in [0.1, 0.15) is 0 Å². The Balaban J connectivity index is 3.23. The third-order valence-corrected chi connectivity index (χ3v) is 2.26. The minimum absolute atomic E-state index is 0.0736. The van der Waals surface area contributed by atoms with Gasteiger partial charge < -0.3 is 0 Å². The lowest BCUT2D eigenvalue weighted by atomic mass is 9.86. The highest BCUT2D eigenvalue weighted by Crippen LogP contribution is 2.29. The molecule has 0 aliphatic rings. The monoisotopic (exact) mass is 192 g/mol. The molecule has 0 nitrogen and oxygen atoms in total. The van der Waals surface area contributed by atoms with Gasteiger partial charge in [0, 0.05) is 10.6 Å². The Morgan fingerprint density at radius 1 is 1.31 bits per heavy atom. The topological polar surface area (TPSA) is 0 Å². The fourth-order valence-corrected chi connectivity index (χ4v) is 1.68. The van der Waals surface area contributed by atoms with Gasteiger partial charge in [-0.2, -0.15) is 0 Å². The first-order valence-electron chi connectivity index (χ1n) is 4.22. The maximum Gasteiger partial charge on any atom is 0.0455 e. The Bertz CT molecular complexity index is 350. The van der Waals surface area contributed by atoms with Crippen molar-refractivity contribution < 1.29 is 0 Å². The molecule has 0 aliphatic carbocycles. The highest BCUT2D eigenvalue weighted by molar-refractivity contribution is 6.31. The van der Waals surface area contributed by atoms with Crippen LogP contribution in [0.3, 0.4) is 0 Å². The van der Waals surface area contributed by atoms with E-state index >= 15 is 0 Å². The van der Waals surface area contributed by atoms with Crippen molar-refractivity contribution in [2.45, 2.75) is 26.2 Å². The number of terminal acetylenes is 1. The van der Waals surface area contributed by atoms with Crippen molar-refractivity contribution in [2.75, 3.05) is 0 Å². The first kappa shape index (κ1) is 10.2. The van der Waals surface area contributed by atoms with Crippen molar-refractivity contribution in [3.05, 3.63) is 34.3 Å². The fraction of sp³-hybridized carbons (Fsp3) is 0.333. The molecule has 0 unspecified atom stereocenters. The number of hydrogen-bond acceptors (Lipinski definition) is 0. The van der Waals surface area contributed by atoms with Crippen molar-refractivity contribution in [3.63, 3.8) is 0 Å². The van der Waals surface area contributed by atoms with Crippen LogP contribution in [-0.4, -0.2) is 0 Å². The van der Waals surface area contributed by atoms with E-state index in [0.29, 0.717) is 0 Å². The lowest BCUT2D eigenvalue weighted by Gasteiger charge is -2.20. The minimum Gasteiger partial charge on any atom is -0.115 e. The van der Waals surface area contributed by atoms with Crippen LogP contribution >= 0.6 is 11.6 Å². The van der Waals surface area contributed by atoms with Gasteiger partial charge in [-0.15, -0.1) is 6.42 Å². The van der Waals surface area contributed by atoms with Crippen molar-refractivity contribution in [2.24, 2.45) is 0 Å². The number of benzene rings is 1. The van der Waals surface area contributed by atoms with E-state index in [2.05, 4.69) is 26.7 Å². The molecule has 1 aromatic rings. The Hall–Kier alpha value is -0.930. The van der Waals surface area contributed by atoms with Crippen LogP contribution in [0, 0.1) is 12.3 Å². The normalized spacial score (nSPS) is 11.0. The van der Waals surface area contributed by atoms with Crippen molar-refractivity contribution in [1.29, 1.82) is 0 Å². The molecular weight excluding hydrogens is 180 g/mol. The zero-order chi connectivity index (χ0) is 10.1. The zero-order valence-corrected chi connectivity index (χ0v) is 8.94. The van der Waals surface area contributed by atoms with E-state index in [9.17, 15) is 0 Å². The molecule has 0 bridgehead atoms. The van der Waals surface area contributed by atoms with Crippen LogP contribution in [0.4, 0.5) is 0 Å². The maximum atomic E-state index is 6.10. The fourth-order valence-electron chi connectivity index (χ4n) is 1.21. The summed E-state index contributed by atoms with van der Waals surface area (Å²) in [5, 5.41) is 0.753. The Morgan fingerprint density at radius 3 is 2.31 bits per heavy atom. The quantitative estimate of drug-likeness (QED) is 0.551. The van der Waals surface area contributed by atoms with Crippen LogP contribution in [0.5, 0.6) is 0 Å². The van der Waals surface area contributed by atoms with Gasteiger partial charge in [-0.05, 0) is 23.1 Å². The van der Waals surface area contributed by atoms with Crippen LogP contribution < -0.4 is 0 Å². The maximum absolute atomic E-state index is 6.10. The zero-order valence-electron chi connectivity index (χ0n) is 8.19. The molecule has 1 heteroatoms. The molecule has 0 radical (unpaired) electrons. The Kier molecular flexibility index (Phi) is 2.68. The molecule has 68 valence electrons. The predicted molar refractivity (Wildman–Crippen MR) is 58.1 cm³/mol. The SMILES string of the molecule is C#Cc1ccc(C(C)(C)C)c(Cl)c1. The lowest BCUT2D eigenvalue weighted by molar-refractivity contribution is 0.590. The molecule has 0 aromatic heterocycles. The standard InChI is InChI=1S/C12H13Cl/c1-5-9-6-7-10(11(13)8-9)12(2,3)4/h1,6-8H,2-4H3. The summed E-state index contributed by atoms with van der Waals surface area (Å²) >= 11 is 6.10. The van der Waals surface area contributed by atoms with E-state index in [1.165, 1.54) is 0 Å². The van der Waals surface area contributed by atoms with Crippen LogP contribution in [0.25, 0.3) is 0 Å². The summed E-state index contributed by atoms with van der Waals surface area (Å²) in [5.74, 6) is 2.56. The second-order valence-corrected chi connectivity index (χ2v) is 4.50. The van der Waals surface area contributed by atoms with Crippen LogP contribution in [-0.2, 0) is 5.41 Å². The van der Waals surface area contributed by atoms with E-state index in [4.69, 9.17) is 18.0 Å². The van der Waals surface area contributed by atoms with Crippen LogP contribution in [0.1, 0.15) is 31.9 Å². The molecule has 0 saturated carbocycles. The average Bonchev–Trinajstić information content (AvgIpc) is 2.01. The predicted octanol–water partition coefficient (Wildman–Crippen LogP) is 3.62. The second kappa shape index (κ2) is 3.44. The first-order valence-corrected chi connectivity index (χ1v) is 4.59. The Labute approximate surface area is 84.9 Å². The summed E-state index contributed by atoms with van der Waals surface area (Å²) in [6.45, 7) is 6.39. The summed E-state index contributed by atoms with van der Waals surface area (Å²) in [7, 11) is 0. The van der Waals surface area contributed by atoms with E-state index in [0.717, 1.165) is 16.1 Å². The number of hydrogen-bond donors (Lipinski definition) is 0. The summed E-state index contributed by atoms with van der Waals surface area (Å²) in [6, 6.07) is 5.76. The molecule has 1 rings (SSSR count). The van der Waals surface area contributed by atoms with Crippen molar-refractivity contribution in [3.8, 4) is 12.3 Å².